The molecule has 2 N–H and O–H groups in total. The molecule has 0 saturated carbocycles. The van der Waals surface area contributed by atoms with E-state index in [1.165, 1.54) is 5.57 Å². The average Bonchev–Trinajstić information content (AvgIpc) is 3.32. The normalized spacial score (nSPS) is 42.8. The molecular formula is C35H50N2O8. The van der Waals surface area contributed by atoms with Gasteiger partial charge < -0.3 is 28.8 Å². The molecule has 3 saturated heterocycles. The minimum absolute atomic E-state index is 0.0753. The van der Waals surface area contributed by atoms with Crippen molar-refractivity contribution in [2.24, 2.45) is 22.9 Å². The van der Waals surface area contributed by atoms with Gasteiger partial charge in [0.1, 0.15) is 23.7 Å². The Kier molecular flexibility index (Phi) is 10.4. The molecule has 0 aromatic rings. The third kappa shape index (κ3) is 7.14. The van der Waals surface area contributed by atoms with Gasteiger partial charge in [0.05, 0.1) is 31.1 Å². The summed E-state index contributed by atoms with van der Waals surface area (Å²) in [5.41, 5.74) is 3.35. The van der Waals surface area contributed by atoms with E-state index in [9.17, 15) is 14.7 Å². The number of aliphatic hydroxyl groups is 1. The molecule has 1 amide bonds. The number of hydrazone groups is 1. The van der Waals surface area contributed by atoms with Crippen molar-refractivity contribution in [3.63, 3.8) is 0 Å². The number of nitrogens with zero attached hydrogens (tertiary/aromatic N) is 1. The van der Waals surface area contributed by atoms with Crippen LogP contribution in [0, 0.1) is 17.8 Å². The highest BCUT2D eigenvalue weighted by atomic mass is 16.7. The molecule has 2 bridgehead atoms. The quantitative estimate of drug-likeness (QED) is 0.233. The van der Waals surface area contributed by atoms with Crippen LogP contribution in [0.15, 0.2) is 52.2 Å². The zero-order valence-corrected chi connectivity index (χ0v) is 27.5. The molecule has 4 aliphatic heterocycles. The molecule has 10 heteroatoms. The summed E-state index contributed by atoms with van der Waals surface area (Å²) in [7, 11) is 0. The standard InChI is InChI=1S/C35H50N2O8/c1-7-29-23(5)14-15-34(45-29)19-27-18-26(44-34)13-12-22(4)16-21(3)10-9-11-25-20-42-31-30(36-37-33(39)41-8-2)24(6)17-28(32(38)43-27)35(25,31)40/h9-12,17,21,23,26-29,31,40H,7-8,13-16,18-20H2,1-6H3,(H,37,39)/b10-9+,22-12+,25-11+,36-30+/t21-,23-,26+,27-,28-,29+,31+,34+,35+/m0/s1. The Morgan fingerprint density at radius 2 is 2.00 bits per heavy atom. The number of fused-ring (bicyclic) bond motifs is 2. The van der Waals surface area contributed by atoms with Gasteiger partial charge in [0, 0.05) is 19.3 Å². The van der Waals surface area contributed by atoms with Crippen molar-refractivity contribution in [3.8, 4) is 0 Å². The maximum atomic E-state index is 14.2. The number of ether oxygens (including phenoxy) is 5. The Balaban J connectivity index is 1.52. The largest absolute Gasteiger partial charge is 0.462 e. The summed E-state index contributed by atoms with van der Waals surface area (Å²) in [5.74, 6) is -1.73. The van der Waals surface area contributed by atoms with Crippen molar-refractivity contribution in [2.75, 3.05) is 13.2 Å². The lowest BCUT2D eigenvalue weighted by molar-refractivity contribution is -0.335. The maximum absolute atomic E-state index is 14.2. The molecule has 4 heterocycles. The molecule has 5 rings (SSSR count). The lowest BCUT2D eigenvalue weighted by atomic mass is 9.71. The molecule has 0 aromatic heterocycles. The van der Waals surface area contributed by atoms with Crippen LogP contribution >= 0.6 is 0 Å². The summed E-state index contributed by atoms with van der Waals surface area (Å²) in [6.07, 6.45) is 12.6. The summed E-state index contributed by atoms with van der Waals surface area (Å²) >= 11 is 0. The van der Waals surface area contributed by atoms with Gasteiger partial charge in [0.25, 0.3) is 0 Å². The molecule has 9 atom stereocenters. The number of esters is 1. The molecule has 0 unspecified atom stereocenters. The number of carbonyl (C=O) groups is 2. The molecule has 45 heavy (non-hydrogen) atoms. The molecule has 1 aliphatic carbocycles. The molecule has 3 fully saturated rings. The first-order valence-corrected chi connectivity index (χ1v) is 16.6. The van der Waals surface area contributed by atoms with Crippen LogP contribution in [0.2, 0.25) is 0 Å². The Morgan fingerprint density at radius 1 is 1.20 bits per heavy atom. The molecule has 0 radical (unpaired) electrons. The van der Waals surface area contributed by atoms with Crippen LogP contribution in [0.25, 0.3) is 0 Å². The van der Waals surface area contributed by atoms with Crippen LogP contribution in [0.4, 0.5) is 4.79 Å². The minimum atomic E-state index is -1.77. The van der Waals surface area contributed by atoms with E-state index in [1.807, 2.05) is 12.2 Å². The summed E-state index contributed by atoms with van der Waals surface area (Å²) < 4.78 is 30.8. The number of hydrogen-bond acceptors (Lipinski definition) is 9. The van der Waals surface area contributed by atoms with Gasteiger partial charge in [-0.1, -0.05) is 56.7 Å². The van der Waals surface area contributed by atoms with Gasteiger partial charge >= 0.3 is 12.1 Å². The predicted octanol–water partition coefficient (Wildman–Crippen LogP) is 5.67. The molecule has 0 aromatic carbocycles. The highest BCUT2D eigenvalue weighted by Crippen LogP contribution is 2.46. The third-order valence-corrected chi connectivity index (χ3v) is 9.88. The summed E-state index contributed by atoms with van der Waals surface area (Å²) in [6.45, 7) is 12.4. The van der Waals surface area contributed by atoms with Crippen molar-refractivity contribution >= 4 is 17.8 Å². The van der Waals surface area contributed by atoms with Crippen LogP contribution in [0.3, 0.4) is 0 Å². The van der Waals surface area contributed by atoms with Gasteiger partial charge in [-0.05, 0) is 69.4 Å². The minimum Gasteiger partial charge on any atom is -0.462 e. The van der Waals surface area contributed by atoms with E-state index in [4.69, 9.17) is 23.7 Å². The van der Waals surface area contributed by atoms with E-state index in [-0.39, 0.29) is 31.3 Å². The van der Waals surface area contributed by atoms with Gasteiger partial charge in [-0.25, -0.2) is 10.2 Å². The lowest BCUT2D eigenvalue weighted by Gasteiger charge is -2.49. The first-order chi connectivity index (χ1) is 21.5. The van der Waals surface area contributed by atoms with Crippen molar-refractivity contribution < 1.29 is 38.4 Å². The highest BCUT2D eigenvalue weighted by Gasteiger charge is 2.59. The number of amides is 1. The summed E-state index contributed by atoms with van der Waals surface area (Å²) in [6, 6.07) is 0. The summed E-state index contributed by atoms with van der Waals surface area (Å²) in [4.78, 5) is 26.2. The van der Waals surface area contributed by atoms with E-state index in [0.717, 1.165) is 25.7 Å². The van der Waals surface area contributed by atoms with Crippen LogP contribution in [-0.2, 0) is 28.5 Å². The van der Waals surface area contributed by atoms with E-state index in [2.05, 4.69) is 50.4 Å². The van der Waals surface area contributed by atoms with Crippen molar-refractivity contribution in [1.29, 1.82) is 0 Å². The molecule has 10 nitrogen and oxygen atoms in total. The predicted molar refractivity (Wildman–Crippen MR) is 169 cm³/mol. The Morgan fingerprint density at radius 3 is 2.76 bits per heavy atom. The average molecular weight is 627 g/mol. The number of hydrogen-bond donors (Lipinski definition) is 2. The number of nitrogens with one attached hydrogen (secondary N) is 1. The van der Waals surface area contributed by atoms with Crippen molar-refractivity contribution in [1.82, 2.24) is 5.43 Å². The molecule has 5 aliphatic rings. The number of rotatable bonds is 3. The van der Waals surface area contributed by atoms with E-state index < -0.39 is 41.6 Å². The third-order valence-electron chi connectivity index (χ3n) is 9.88. The van der Waals surface area contributed by atoms with Crippen molar-refractivity contribution in [3.05, 3.63) is 47.1 Å². The second-order valence-electron chi connectivity index (χ2n) is 13.4. The maximum Gasteiger partial charge on any atom is 0.427 e. The lowest BCUT2D eigenvalue weighted by Crippen LogP contribution is -2.57. The van der Waals surface area contributed by atoms with E-state index in [0.29, 0.717) is 42.0 Å². The first-order valence-electron chi connectivity index (χ1n) is 16.6. The number of carbonyl (C=O) groups excluding carboxylic acids is 2. The van der Waals surface area contributed by atoms with Gasteiger partial charge in [0.15, 0.2) is 5.79 Å². The Bertz CT molecular complexity index is 1290. The first kappa shape index (κ1) is 33.6. The summed E-state index contributed by atoms with van der Waals surface area (Å²) in [5, 5.41) is 16.7. The van der Waals surface area contributed by atoms with Crippen LogP contribution < -0.4 is 5.43 Å². The molecule has 248 valence electrons. The Labute approximate surface area is 266 Å². The SMILES string of the molecule is CCOC(=O)N/N=C1\C(C)=C[C@H]2C(=O)O[C@H]3C[C@@H](C/C=C(\C)C[C@@H](C)/C=C/C=C4\CO[C@H]1[C@@]42O)O[C@@]1(CC[C@H](C)[C@@H](CC)O1)C3. The van der Waals surface area contributed by atoms with Crippen LogP contribution in [0.1, 0.15) is 86.5 Å². The monoisotopic (exact) mass is 626 g/mol. The van der Waals surface area contributed by atoms with Crippen LogP contribution in [-0.4, -0.2) is 71.9 Å². The second kappa shape index (κ2) is 13.9. The topological polar surface area (TPSA) is 125 Å². The fraction of sp³-hybridized carbons (Fsp3) is 0.686. The van der Waals surface area contributed by atoms with Crippen molar-refractivity contribution in [2.45, 2.75) is 122 Å². The fourth-order valence-electron chi connectivity index (χ4n) is 7.50. The van der Waals surface area contributed by atoms with Gasteiger partial charge in [-0.15, -0.1) is 0 Å². The zero-order valence-electron chi connectivity index (χ0n) is 27.5. The second-order valence-corrected chi connectivity index (χ2v) is 13.4. The number of allylic oxidation sites excluding steroid dienone is 4. The zero-order chi connectivity index (χ0) is 32.4. The van der Waals surface area contributed by atoms with E-state index in [1.54, 1.807) is 19.9 Å². The van der Waals surface area contributed by atoms with Gasteiger partial charge in [-0.3, -0.25) is 4.79 Å². The van der Waals surface area contributed by atoms with Gasteiger partial charge in [-0.2, -0.15) is 5.10 Å². The van der Waals surface area contributed by atoms with E-state index >= 15 is 0 Å². The van der Waals surface area contributed by atoms with Crippen LogP contribution in [0.5, 0.6) is 0 Å². The molecule has 1 spiro atoms. The van der Waals surface area contributed by atoms with Gasteiger partial charge in [0.2, 0.25) is 0 Å². The Hall–Kier alpha value is -2.79. The molecular weight excluding hydrogens is 576 g/mol. The smallest absolute Gasteiger partial charge is 0.427 e. The fourth-order valence-corrected chi connectivity index (χ4v) is 7.50. The highest BCUT2D eigenvalue weighted by molar-refractivity contribution is 6.07.